The summed E-state index contributed by atoms with van der Waals surface area (Å²) in [6.45, 7) is 2.66. The molecule has 3 aliphatic heterocycles. The molecule has 3 heterocycles. The number of esters is 1. The zero-order valence-electron chi connectivity index (χ0n) is 21.8. The zero-order valence-corrected chi connectivity index (χ0v) is 21.8. The Morgan fingerprint density at radius 2 is 2.03 bits per heavy atom. The highest BCUT2D eigenvalue weighted by atomic mass is 16.6. The third kappa shape index (κ3) is 6.88. The van der Waals surface area contributed by atoms with Gasteiger partial charge in [0.1, 0.15) is 24.5 Å². The van der Waals surface area contributed by atoms with Crippen LogP contribution in [0.15, 0.2) is 0 Å². The predicted octanol–water partition coefficient (Wildman–Crippen LogP) is -3.22. The molecule has 0 bridgehead atoms. The number of aliphatic hydroxyl groups is 2. The summed E-state index contributed by atoms with van der Waals surface area (Å²) in [5, 5.41) is 37.0. The number of nitrogens with zero attached hydrogens (tertiary/aromatic N) is 2. The molecule has 14 heteroatoms. The van der Waals surface area contributed by atoms with Crippen LogP contribution in [0.2, 0.25) is 0 Å². The number of nitrogens with two attached hydrogens (primary N) is 1. The minimum atomic E-state index is -1.03. The van der Waals surface area contributed by atoms with Gasteiger partial charge in [-0.15, -0.1) is 0 Å². The summed E-state index contributed by atoms with van der Waals surface area (Å²) < 4.78 is 11.0. The highest BCUT2D eigenvalue weighted by Crippen LogP contribution is 2.29. The number of rotatable bonds is 9. The largest absolute Gasteiger partial charge is 0.469 e. The first-order valence-electron chi connectivity index (χ1n) is 13.3. The van der Waals surface area contributed by atoms with E-state index in [1.54, 1.807) is 0 Å². The molecule has 0 radical (unpaired) electrons. The van der Waals surface area contributed by atoms with Crippen LogP contribution in [0.25, 0.3) is 0 Å². The molecule has 0 aromatic heterocycles. The van der Waals surface area contributed by atoms with Crippen molar-refractivity contribution in [1.82, 2.24) is 36.4 Å². The molecule has 1 saturated carbocycles. The number of urea groups is 1. The molecule has 3 saturated heterocycles. The van der Waals surface area contributed by atoms with Crippen molar-refractivity contribution < 1.29 is 29.3 Å². The van der Waals surface area contributed by atoms with Gasteiger partial charge in [0.05, 0.1) is 38.1 Å². The van der Waals surface area contributed by atoms with E-state index in [1.807, 2.05) is 16.8 Å². The molecular weight excluding hydrogens is 484 g/mol. The van der Waals surface area contributed by atoms with Gasteiger partial charge in [0, 0.05) is 25.8 Å². The molecule has 4 fully saturated rings. The minimum absolute atomic E-state index is 0.0273. The number of aliphatic hydroxyl groups excluding tert-OH is 2. The molecule has 2 amide bonds. The van der Waals surface area contributed by atoms with Crippen molar-refractivity contribution in [1.29, 1.82) is 0 Å². The molecule has 0 spiro atoms. The molecule has 37 heavy (non-hydrogen) atoms. The van der Waals surface area contributed by atoms with E-state index in [1.165, 1.54) is 7.11 Å². The second-order valence-corrected chi connectivity index (χ2v) is 10.6. The van der Waals surface area contributed by atoms with Crippen molar-refractivity contribution in [2.45, 2.75) is 81.1 Å². The van der Waals surface area contributed by atoms with Crippen LogP contribution >= 0.6 is 0 Å². The maximum absolute atomic E-state index is 12.3. The lowest BCUT2D eigenvalue weighted by molar-refractivity contribution is -0.146. The number of ether oxygens (including phenoxy) is 2. The Bertz CT molecular complexity index is 780. The van der Waals surface area contributed by atoms with Gasteiger partial charge in [-0.05, 0) is 39.3 Å². The number of nitrogens with one attached hydrogen (secondary N) is 5. The van der Waals surface area contributed by atoms with Gasteiger partial charge in [-0.1, -0.05) is 6.42 Å². The van der Waals surface area contributed by atoms with E-state index < -0.39 is 24.5 Å². The molecule has 4 aliphatic rings. The Balaban J connectivity index is 1.14. The van der Waals surface area contributed by atoms with Crippen LogP contribution in [0.1, 0.15) is 32.1 Å². The summed E-state index contributed by atoms with van der Waals surface area (Å²) in [7, 11) is 3.32. The first kappa shape index (κ1) is 28.4. The Labute approximate surface area is 217 Å². The van der Waals surface area contributed by atoms with Gasteiger partial charge in [0.15, 0.2) is 0 Å². The van der Waals surface area contributed by atoms with E-state index in [4.69, 9.17) is 15.2 Å². The second-order valence-electron chi connectivity index (χ2n) is 10.6. The van der Waals surface area contributed by atoms with E-state index in [2.05, 4.69) is 26.6 Å². The van der Waals surface area contributed by atoms with Crippen LogP contribution in [-0.2, 0) is 14.3 Å². The molecule has 0 aromatic rings. The summed E-state index contributed by atoms with van der Waals surface area (Å²) in [5.74, 6) is -0.362. The number of methoxy groups -OCH3 is 1. The first-order valence-corrected chi connectivity index (χ1v) is 13.3. The van der Waals surface area contributed by atoms with Gasteiger partial charge in [0.25, 0.3) is 0 Å². The normalized spacial score (nSPS) is 38.4. The summed E-state index contributed by atoms with van der Waals surface area (Å²) in [4.78, 5) is 28.1. The fourth-order valence-corrected chi connectivity index (χ4v) is 5.89. The van der Waals surface area contributed by atoms with Crippen molar-refractivity contribution in [3.63, 3.8) is 0 Å². The lowest BCUT2D eigenvalue weighted by Crippen LogP contribution is -2.68. The molecule has 5 unspecified atom stereocenters. The average molecular weight is 529 g/mol. The van der Waals surface area contributed by atoms with Gasteiger partial charge in [-0.2, -0.15) is 0 Å². The lowest BCUT2D eigenvalue weighted by Gasteiger charge is -2.38. The quantitative estimate of drug-likeness (QED) is 0.111. The average Bonchev–Trinajstić information content (AvgIpc) is 3.43. The van der Waals surface area contributed by atoms with Crippen molar-refractivity contribution in [2.75, 3.05) is 47.1 Å². The van der Waals surface area contributed by atoms with Crippen LogP contribution < -0.4 is 32.3 Å². The highest BCUT2D eigenvalue weighted by molar-refractivity contribution is 5.75. The van der Waals surface area contributed by atoms with E-state index in [-0.39, 0.29) is 42.3 Å². The van der Waals surface area contributed by atoms with Crippen LogP contribution in [0, 0.1) is 5.92 Å². The van der Waals surface area contributed by atoms with Gasteiger partial charge >= 0.3 is 12.0 Å². The molecular formula is C23H44N8O6. The van der Waals surface area contributed by atoms with E-state index in [9.17, 15) is 19.8 Å². The molecule has 4 rings (SSSR count). The molecule has 0 aromatic carbocycles. The highest BCUT2D eigenvalue weighted by Gasteiger charge is 2.51. The van der Waals surface area contributed by atoms with E-state index >= 15 is 0 Å². The number of carbonyl (C=O) groups is 2. The number of carbonyl (C=O) groups excluding carboxylic acids is 2. The van der Waals surface area contributed by atoms with Crippen LogP contribution in [0.3, 0.4) is 0 Å². The summed E-state index contributed by atoms with van der Waals surface area (Å²) >= 11 is 0. The zero-order chi connectivity index (χ0) is 26.5. The van der Waals surface area contributed by atoms with Crippen LogP contribution in [0.5, 0.6) is 0 Å². The van der Waals surface area contributed by atoms with Gasteiger partial charge in [0.2, 0.25) is 0 Å². The van der Waals surface area contributed by atoms with E-state index in [0.29, 0.717) is 45.8 Å². The minimum Gasteiger partial charge on any atom is -0.469 e. The summed E-state index contributed by atoms with van der Waals surface area (Å²) in [5.41, 5.74) is 6.13. The third-order valence-electron chi connectivity index (χ3n) is 7.94. The number of fused-ring (bicyclic) bond motifs is 1. The number of likely N-dealkylation sites (N-methyl/N-ethyl adjacent to an activating group) is 1. The van der Waals surface area contributed by atoms with Gasteiger partial charge in [-0.25, -0.2) is 9.69 Å². The van der Waals surface area contributed by atoms with Crippen molar-refractivity contribution in [3.05, 3.63) is 0 Å². The first-order chi connectivity index (χ1) is 17.8. The maximum atomic E-state index is 12.3. The Kier molecular flexibility index (Phi) is 9.94. The topological polar surface area (TPSA) is 186 Å². The molecule has 14 nitrogen and oxygen atoms in total. The summed E-state index contributed by atoms with van der Waals surface area (Å²) in [6, 6.07) is -0.291. The maximum Gasteiger partial charge on any atom is 0.315 e. The van der Waals surface area contributed by atoms with Crippen molar-refractivity contribution in [3.8, 4) is 0 Å². The number of hydrogen-bond donors (Lipinski definition) is 8. The monoisotopic (exact) mass is 528 g/mol. The van der Waals surface area contributed by atoms with Crippen molar-refractivity contribution >= 4 is 12.0 Å². The van der Waals surface area contributed by atoms with Crippen LogP contribution in [0.4, 0.5) is 4.79 Å². The summed E-state index contributed by atoms with van der Waals surface area (Å²) in [6.07, 6.45) is 0.332. The predicted molar refractivity (Wildman–Crippen MR) is 134 cm³/mol. The Morgan fingerprint density at radius 1 is 1.22 bits per heavy atom. The molecule has 1 aliphatic carbocycles. The Hall–Kier alpha value is -1.62. The van der Waals surface area contributed by atoms with Gasteiger partial charge in [-0.3, -0.25) is 20.7 Å². The van der Waals surface area contributed by atoms with E-state index in [0.717, 1.165) is 19.3 Å². The number of hydrogen-bond acceptors (Lipinski definition) is 12. The van der Waals surface area contributed by atoms with Crippen LogP contribution in [-0.4, -0.2) is 128 Å². The second kappa shape index (κ2) is 13.0. The van der Waals surface area contributed by atoms with Crippen molar-refractivity contribution in [2.24, 2.45) is 11.7 Å². The standard InChI is InChI=1S/C23H44N8O6/c1-30(8-4-7-25-23(35)29-14-6-3-5-13(9-14)22(34)36-2)10-15-17(32)18(33)21(37-15)31-12-28-16-19(24)26-11-27-20(16)31/h13-21,26-28,32-33H,3-12,24H2,1-2H3,(H2,25,29,35)/t13?,14?,15-,16?,17-,18-,19?,20?,21-/m1/s1. The fourth-order valence-electron chi connectivity index (χ4n) is 5.89. The lowest BCUT2D eigenvalue weighted by atomic mass is 9.86. The third-order valence-corrected chi connectivity index (χ3v) is 7.94. The molecule has 9 N–H and O–H groups in total. The molecule has 9 atom stereocenters. The number of amides is 2. The Morgan fingerprint density at radius 3 is 2.81 bits per heavy atom. The SMILES string of the molecule is COC(=O)C1CCCC(NC(=O)NCCCN(C)C[C@H]2O[C@@H](N3CNC4C(N)NCNC43)[C@H](O)[C@@H]2O)C1. The molecule has 212 valence electrons. The van der Waals surface area contributed by atoms with Gasteiger partial charge < -0.3 is 41.0 Å². The smallest absolute Gasteiger partial charge is 0.315 e. The fraction of sp³-hybridized carbons (Fsp3) is 0.913.